The van der Waals surface area contributed by atoms with Gasteiger partial charge in [0.1, 0.15) is 0 Å². The van der Waals surface area contributed by atoms with Crippen LogP contribution in [0.1, 0.15) is 18.4 Å². The number of nitrogens with one attached hydrogen (secondary N) is 1. The van der Waals surface area contributed by atoms with Gasteiger partial charge >= 0.3 is 6.03 Å². The van der Waals surface area contributed by atoms with Gasteiger partial charge in [0.15, 0.2) is 0 Å². The minimum absolute atomic E-state index is 0.0816. The first-order valence-corrected chi connectivity index (χ1v) is 9.32. The molecule has 5 nitrogen and oxygen atoms in total. The lowest BCUT2D eigenvalue weighted by molar-refractivity contribution is 0.202. The molecule has 0 bridgehead atoms. The van der Waals surface area contributed by atoms with Crippen LogP contribution in [0.15, 0.2) is 36.7 Å². The number of carbonyl (C=O) groups excluding carboxylic acids is 1. The highest BCUT2D eigenvalue weighted by Gasteiger charge is 2.42. The van der Waals surface area contributed by atoms with Crippen LogP contribution >= 0.6 is 23.2 Å². The summed E-state index contributed by atoms with van der Waals surface area (Å²) in [6.07, 6.45) is 5.24. The average molecular weight is 379 g/mol. The van der Waals surface area contributed by atoms with Gasteiger partial charge in [0.05, 0.1) is 17.4 Å². The number of fused-ring (bicyclic) bond motifs is 1. The van der Waals surface area contributed by atoms with Crippen molar-refractivity contribution in [2.45, 2.75) is 25.4 Å². The third kappa shape index (κ3) is 3.54. The van der Waals surface area contributed by atoms with Gasteiger partial charge in [-0.1, -0.05) is 41.4 Å². The van der Waals surface area contributed by atoms with Crippen molar-refractivity contribution in [3.8, 4) is 0 Å². The third-order valence-electron chi connectivity index (χ3n) is 5.31. The predicted octanol–water partition coefficient (Wildman–Crippen LogP) is 3.66. The van der Waals surface area contributed by atoms with E-state index in [-0.39, 0.29) is 6.03 Å². The molecule has 2 fully saturated rings. The second-order valence-electron chi connectivity index (χ2n) is 6.95. The minimum Gasteiger partial charge on any atom is -0.322 e. The number of benzene rings is 1. The van der Waals surface area contributed by atoms with Gasteiger partial charge in [0, 0.05) is 30.7 Å². The van der Waals surface area contributed by atoms with Gasteiger partial charge in [-0.2, -0.15) is 9.78 Å². The Kier molecular flexibility index (Phi) is 4.71. The number of likely N-dealkylation sites (tertiary alicyclic amines) is 1. The van der Waals surface area contributed by atoms with E-state index in [1.165, 1.54) is 10.9 Å². The lowest BCUT2D eigenvalue weighted by atomic mass is 10.0. The standard InChI is InChI=1S/C18H20Cl2N4O/c19-15-8-22-24(11-15)18(25)23-9-13-5-16(6-14(13)10-23)21-7-12-3-1-2-4-17(12)20/h1-4,8,11,13-14,16,21H,5-7,9-10H2/t13-,14?,16?/m1/s1. The molecule has 1 saturated carbocycles. The summed E-state index contributed by atoms with van der Waals surface area (Å²) in [6.45, 7) is 2.38. The monoisotopic (exact) mass is 378 g/mol. The van der Waals surface area contributed by atoms with Crippen molar-refractivity contribution in [2.75, 3.05) is 13.1 Å². The highest BCUT2D eigenvalue weighted by molar-refractivity contribution is 6.31. The molecule has 0 spiro atoms. The van der Waals surface area contributed by atoms with E-state index >= 15 is 0 Å². The Morgan fingerprint density at radius 3 is 2.56 bits per heavy atom. The van der Waals surface area contributed by atoms with Crippen LogP contribution in [0.2, 0.25) is 10.0 Å². The molecule has 1 amide bonds. The van der Waals surface area contributed by atoms with Crippen LogP contribution in [0, 0.1) is 11.8 Å². The lowest BCUT2D eigenvalue weighted by Crippen LogP contribution is -2.35. The van der Waals surface area contributed by atoms with Crippen LogP contribution in [-0.2, 0) is 6.54 Å². The van der Waals surface area contributed by atoms with Crippen molar-refractivity contribution < 1.29 is 4.79 Å². The van der Waals surface area contributed by atoms with E-state index in [2.05, 4.69) is 16.5 Å². The summed E-state index contributed by atoms with van der Waals surface area (Å²) in [6, 6.07) is 8.35. The van der Waals surface area contributed by atoms with E-state index in [9.17, 15) is 4.79 Å². The number of rotatable bonds is 3. The van der Waals surface area contributed by atoms with Gasteiger partial charge in [-0.3, -0.25) is 0 Å². The summed E-state index contributed by atoms with van der Waals surface area (Å²) < 4.78 is 1.33. The molecule has 1 aromatic heterocycles. The zero-order chi connectivity index (χ0) is 17.4. The summed E-state index contributed by atoms with van der Waals surface area (Å²) >= 11 is 12.1. The normalized spacial score (nSPS) is 25.4. The molecule has 132 valence electrons. The first-order chi connectivity index (χ1) is 12.1. The number of nitrogens with zero attached hydrogens (tertiary/aromatic N) is 3. The molecule has 1 N–H and O–H groups in total. The Morgan fingerprint density at radius 2 is 1.92 bits per heavy atom. The Morgan fingerprint density at radius 1 is 1.20 bits per heavy atom. The Labute approximate surface area is 156 Å². The van der Waals surface area contributed by atoms with Crippen molar-refractivity contribution in [3.05, 3.63) is 52.3 Å². The van der Waals surface area contributed by atoms with E-state index < -0.39 is 0 Å². The Balaban J connectivity index is 1.30. The summed E-state index contributed by atoms with van der Waals surface area (Å²) in [5, 5.41) is 8.92. The molecule has 4 rings (SSSR count). The van der Waals surface area contributed by atoms with E-state index in [1.807, 2.05) is 23.1 Å². The summed E-state index contributed by atoms with van der Waals surface area (Å²) in [7, 11) is 0. The molecule has 7 heteroatoms. The quantitative estimate of drug-likeness (QED) is 0.886. The maximum Gasteiger partial charge on any atom is 0.344 e. The zero-order valence-electron chi connectivity index (χ0n) is 13.7. The molecular formula is C18H20Cl2N4O. The van der Waals surface area contributed by atoms with Gasteiger partial charge < -0.3 is 10.2 Å². The second-order valence-corrected chi connectivity index (χ2v) is 7.80. The fraction of sp³-hybridized carbons (Fsp3) is 0.444. The first kappa shape index (κ1) is 16.9. The van der Waals surface area contributed by atoms with Crippen LogP contribution in [0.3, 0.4) is 0 Å². The van der Waals surface area contributed by atoms with Crippen molar-refractivity contribution in [1.29, 1.82) is 0 Å². The molecular weight excluding hydrogens is 359 g/mol. The SMILES string of the molecule is O=C(N1CC2CC(NCc3ccccc3Cl)C[C@@H]2C1)n1cc(Cl)cn1. The highest BCUT2D eigenvalue weighted by atomic mass is 35.5. The van der Waals surface area contributed by atoms with E-state index in [0.717, 1.165) is 43.1 Å². The fourth-order valence-corrected chi connectivity index (χ4v) is 4.41. The highest BCUT2D eigenvalue weighted by Crippen LogP contribution is 2.38. The molecule has 2 aliphatic rings. The van der Waals surface area contributed by atoms with Crippen molar-refractivity contribution in [2.24, 2.45) is 11.8 Å². The van der Waals surface area contributed by atoms with Gasteiger partial charge in [0.25, 0.3) is 0 Å². The molecule has 25 heavy (non-hydrogen) atoms. The average Bonchev–Trinajstić information content (AvgIpc) is 3.28. The van der Waals surface area contributed by atoms with Crippen molar-refractivity contribution in [3.63, 3.8) is 0 Å². The smallest absolute Gasteiger partial charge is 0.322 e. The number of halogens is 2. The Bertz CT molecular complexity index is 764. The van der Waals surface area contributed by atoms with Crippen LogP contribution in [0.4, 0.5) is 4.79 Å². The zero-order valence-corrected chi connectivity index (χ0v) is 15.2. The molecule has 1 aromatic carbocycles. The van der Waals surface area contributed by atoms with Gasteiger partial charge in [-0.05, 0) is 36.3 Å². The van der Waals surface area contributed by atoms with Crippen LogP contribution in [-0.4, -0.2) is 39.8 Å². The lowest BCUT2D eigenvalue weighted by Gasteiger charge is -2.19. The van der Waals surface area contributed by atoms with Crippen LogP contribution < -0.4 is 5.32 Å². The van der Waals surface area contributed by atoms with Gasteiger partial charge in [-0.15, -0.1) is 0 Å². The van der Waals surface area contributed by atoms with Crippen LogP contribution in [0.5, 0.6) is 0 Å². The molecule has 2 heterocycles. The Hall–Kier alpha value is -1.56. The third-order valence-corrected chi connectivity index (χ3v) is 5.87. The minimum atomic E-state index is -0.0816. The van der Waals surface area contributed by atoms with E-state index in [1.54, 1.807) is 6.20 Å². The van der Waals surface area contributed by atoms with Gasteiger partial charge in [0.2, 0.25) is 0 Å². The topological polar surface area (TPSA) is 50.2 Å². The van der Waals surface area contributed by atoms with Crippen LogP contribution in [0.25, 0.3) is 0 Å². The van der Waals surface area contributed by atoms with Crippen molar-refractivity contribution >= 4 is 29.2 Å². The first-order valence-electron chi connectivity index (χ1n) is 8.56. The number of hydrogen-bond donors (Lipinski definition) is 1. The number of amides is 1. The van der Waals surface area contributed by atoms with Crippen molar-refractivity contribution in [1.82, 2.24) is 20.0 Å². The maximum absolute atomic E-state index is 12.5. The summed E-state index contributed by atoms with van der Waals surface area (Å²) in [4.78, 5) is 14.4. The molecule has 1 saturated heterocycles. The maximum atomic E-state index is 12.5. The molecule has 0 radical (unpaired) electrons. The van der Waals surface area contributed by atoms with Gasteiger partial charge in [-0.25, -0.2) is 4.79 Å². The largest absolute Gasteiger partial charge is 0.344 e. The number of aromatic nitrogens is 2. The van der Waals surface area contributed by atoms with E-state index in [4.69, 9.17) is 23.2 Å². The fourth-order valence-electron chi connectivity index (χ4n) is 4.07. The molecule has 2 unspecified atom stereocenters. The second kappa shape index (κ2) is 6.98. The predicted molar refractivity (Wildman–Crippen MR) is 97.9 cm³/mol. The summed E-state index contributed by atoms with van der Waals surface area (Å²) in [5.41, 5.74) is 1.13. The van der Waals surface area contributed by atoms with E-state index in [0.29, 0.717) is 22.9 Å². The molecule has 3 atom stereocenters. The number of carbonyl (C=O) groups is 1. The molecule has 1 aliphatic carbocycles. The summed E-state index contributed by atoms with van der Waals surface area (Å²) in [5.74, 6) is 1.11. The molecule has 2 aromatic rings. The number of hydrogen-bond acceptors (Lipinski definition) is 3. The molecule has 1 aliphatic heterocycles.